The van der Waals surface area contributed by atoms with Gasteiger partial charge in [0, 0.05) is 51.7 Å². The monoisotopic (exact) mass is 541 g/mol. The van der Waals surface area contributed by atoms with Crippen LogP contribution < -0.4 is 5.32 Å². The van der Waals surface area contributed by atoms with E-state index >= 15 is 0 Å². The summed E-state index contributed by atoms with van der Waals surface area (Å²) in [5.41, 5.74) is 2.69. The zero-order valence-electron chi connectivity index (χ0n) is 18.5. The zero-order valence-corrected chi connectivity index (χ0v) is 21.7. The average Bonchev–Trinajstić information content (AvgIpc) is 3.17. The fourth-order valence-electron chi connectivity index (χ4n) is 3.68. The van der Waals surface area contributed by atoms with Gasteiger partial charge >= 0.3 is 0 Å². The Morgan fingerprint density at radius 2 is 1.87 bits per heavy atom. The number of nitrogens with zero attached hydrogens (tertiary/aromatic N) is 4. The lowest BCUT2D eigenvalue weighted by molar-refractivity contribution is 0.269. The summed E-state index contributed by atoms with van der Waals surface area (Å²) >= 11 is 1.82. The first-order valence-corrected chi connectivity index (χ1v) is 11.4. The number of hydrogen-bond donors (Lipinski definition) is 1. The van der Waals surface area contributed by atoms with E-state index in [1.54, 1.807) is 0 Å². The molecular weight excluding hydrogens is 505 g/mol. The smallest absolute Gasteiger partial charge is 0.193 e. The van der Waals surface area contributed by atoms with Crippen molar-refractivity contribution in [2.45, 2.75) is 25.9 Å². The molecule has 1 saturated heterocycles. The number of benzene rings is 1. The van der Waals surface area contributed by atoms with Gasteiger partial charge in [0.2, 0.25) is 0 Å². The molecule has 0 spiro atoms. The van der Waals surface area contributed by atoms with E-state index in [1.165, 1.54) is 42.1 Å². The van der Waals surface area contributed by atoms with Crippen molar-refractivity contribution in [2.24, 2.45) is 4.99 Å². The molecule has 0 saturated carbocycles. The quantitative estimate of drug-likeness (QED) is 0.329. The van der Waals surface area contributed by atoms with Crippen molar-refractivity contribution in [3.63, 3.8) is 0 Å². The minimum atomic E-state index is 0. The average molecular weight is 542 g/mol. The molecule has 0 bridgehead atoms. The highest BCUT2D eigenvalue weighted by Crippen LogP contribution is 2.11. The second-order valence-electron chi connectivity index (χ2n) is 7.90. The Hall–Kier alpha value is -1.16. The number of halogens is 1. The third kappa shape index (κ3) is 8.17. The number of guanidine groups is 1. The van der Waals surface area contributed by atoms with Gasteiger partial charge in [0.1, 0.15) is 0 Å². The summed E-state index contributed by atoms with van der Waals surface area (Å²) in [6.45, 7) is 7.55. The van der Waals surface area contributed by atoms with E-state index in [0.29, 0.717) is 0 Å². The van der Waals surface area contributed by atoms with E-state index in [1.807, 2.05) is 18.4 Å². The van der Waals surface area contributed by atoms with Crippen LogP contribution in [0.15, 0.2) is 46.8 Å². The molecule has 3 rings (SSSR count). The van der Waals surface area contributed by atoms with Gasteiger partial charge in [-0.3, -0.25) is 9.89 Å². The molecule has 0 radical (unpaired) electrons. The van der Waals surface area contributed by atoms with Gasteiger partial charge in [0.15, 0.2) is 5.96 Å². The van der Waals surface area contributed by atoms with Crippen LogP contribution in [0.2, 0.25) is 0 Å². The molecule has 5 nitrogen and oxygen atoms in total. The molecule has 1 aromatic carbocycles. The summed E-state index contributed by atoms with van der Waals surface area (Å²) in [6.07, 6.45) is 2.31. The fourth-order valence-corrected chi connectivity index (χ4v) is 4.38. The number of hydrogen-bond acceptors (Lipinski definition) is 4. The summed E-state index contributed by atoms with van der Waals surface area (Å²) in [7, 11) is 6.18. The van der Waals surface area contributed by atoms with E-state index in [0.717, 1.165) is 38.6 Å². The SMILES string of the molecule is CN=C(NCc1ccc(CN2CCCN(C)CC2)cc1)N(C)CCc1cccs1.I. The van der Waals surface area contributed by atoms with Crippen LogP contribution in [0.5, 0.6) is 0 Å². The van der Waals surface area contributed by atoms with Crippen LogP contribution in [0.25, 0.3) is 0 Å². The van der Waals surface area contributed by atoms with Crippen molar-refractivity contribution >= 4 is 41.3 Å². The van der Waals surface area contributed by atoms with E-state index in [9.17, 15) is 0 Å². The number of nitrogens with one attached hydrogen (secondary N) is 1. The van der Waals surface area contributed by atoms with Gasteiger partial charge < -0.3 is 15.1 Å². The molecule has 0 aliphatic carbocycles. The second kappa shape index (κ2) is 13.3. The summed E-state index contributed by atoms with van der Waals surface area (Å²) < 4.78 is 0. The van der Waals surface area contributed by atoms with E-state index < -0.39 is 0 Å². The Balaban J connectivity index is 0.00000320. The lowest BCUT2D eigenvalue weighted by Crippen LogP contribution is -2.39. The molecule has 0 atom stereocenters. The number of thiophene rings is 1. The van der Waals surface area contributed by atoms with Crippen LogP contribution in [0.3, 0.4) is 0 Å². The molecule has 0 amide bonds. The van der Waals surface area contributed by atoms with Crippen molar-refractivity contribution in [3.8, 4) is 0 Å². The lowest BCUT2D eigenvalue weighted by atomic mass is 10.1. The van der Waals surface area contributed by atoms with Gasteiger partial charge in [-0.2, -0.15) is 0 Å². The predicted octanol–water partition coefficient (Wildman–Crippen LogP) is 3.75. The molecule has 7 heteroatoms. The normalized spacial score (nSPS) is 16.0. The topological polar surface area (TPSA) is 34.1 Å². The summed E-state index contributed by atoms with van der Waals surface area (Å²) in [6, 6.07) is 13.3. The first-order valence-electron chi connectivity index (χ1n) is 10.6. The van der Waals surface area contributed by atoms with Crippen LogP contribution in [0.4, 0.5) is 0 Å². The van der Waals surface area contributed by atoms with E-state index in [-0.39, 0.29) is 24.0 Å². The first kappa shape index (κ1) is 25.1. The number of likely N-dealkylation sites (N-methyl/N-ethyl adjacent to an activating group) is 2. The van der Waals surface area contributed by atoms with Gasteiger partial charge in [-0.25, -0.2) is 0 Å². The largest absolute Gasteiger partial charge is 0.352 e. The van der Waals surface area contributed by atoms with Gasteiger partial charge in [0.05, 0.1) is 0 Å². The third-order valence-electron chi connectivity index (χ3n) is 5.54. The van der Waals surface area contributed by atoms with Gasteiger partial charge in [-0.1, -0.05) is 30.3 Å². The molecule has 1 aliphatic rings. The minimum Gasteiger partial charge on any atom is -0.352 e. The maximum absolute atomic E-state index is 4.44. The van der Waals surface area contributed by atoms with Gasteiger partial charge in [0.25, 0.3) is 0 Å². The number of rotatable bonds is 7. The van der Waals surface area contributed by atoms with Crippen molar-refractivity contribution in [3.05, 3.63) is 57.8 Å². The summed E-state index contributed by atoms with van der Waals surface area (Å²) in [4.78, 5) is 13.1. The Labute approximate surface area is 203 Å². The maximum Gasteiger partial charge on any atom is 0.193 e. The van der Waals surface area contributed by atoms with Crippen LogP contribution in [0.1, 0.15) is 22.4 Å². The van der Waals surface area contributed by atoms with Crippen LogP contribution in [0, 0.1) is 0 Å². The summed E-state index contributed by atoms with van der Waals surface area (Å²) in [5, 5.41) is 5.63. The Morgan fingerprint density at radius 1 is 1.10 bits per heavy atom. The summed E-state index contributed by atoms with van der Waals surface area (Å²) in [5.74, 6) is 0.944. The van der Waals surface area contributed by atoms with Crippen molar-refractivity contribution < 1.29 is 0 Å². The molecule has 2 aromatic rings. The highest BCUT2D eigenvalue weighted by molar-refractivity contribution is 14.0. The molecule has 30 heavy (non-hydrogen) atoms. The Morgan fingerprint density at radius 3 is 2.57 bits per heavy atom. The van der Waals surface area contributed by atoms with E-state index in [4.69, 9.17) is 0 Å². The molecular formula is C23H36IN5S. The molecule has 1 fully saturated rings. The van der Waals surface area contributed by atoms with Gasteiger partial charge in [-0.05, 0) is 55.6 Å². The van der Waals surface area contributed by atoms with E-state index in [2.05, 4.69) is 80.9 Å². The van der Waals surface area contributed by atoms with Crippen molar-refractivity contribution in [1.29, 1.82) is 0 Å². The standard InChI is InChI=1S/C23H35N5S.HI/c1-24-23(27(3)14-11-22-6-4-17-29-22)25-18-20-7-9-21(10-8-20)19-28-13-5-12-26(2)15-16-28;/h4,6-10,17H,5,11-16,18-19H2,1-3H3,(H,24,25);1H. The molecule has 2 heterocycles. The minimum absolute atomic E-state index is 0. The molecule has 166 valence electrons. The first-order chi connectivity index (χ1) is 14.1. The fraction of sp³-hybridized carbons (Fsp3) is 0.522. The van der Waals surface area contributed by atoms with Crippen LogP contribution in [-0.2, 0) is 19.5 Å². The Kier molecular flexibility index (Phi) is 11.1. The highest BCUT2D eigenvalue weighted by atomic mass is 127. The predicted molar refractivity (Wildman–Crippen MR) is 140 cm³/mol. The van der Waals surface area contributed by atoms with Crippen molar-refractivity contribution in [1.82, 2.24) is 20.0 Å². The highest BCUT2D eigenvalue weighted by Gasteiger charge is 2.12. The van der Waals surface area contributed by atoms with Crippen molar-refractivity contribution in [2.75, 3.05) is 53.9 Å². The molecule has 0 unspecified atom stereocenters. The van der Waals surface area contributed by atoms with Crippen LogP contribution in [-0.4, -0.2) is 74.5 Å². The Bertz CT molecular complexity index is 747. The zero-order chi connectivity index (χ0) is 20.5. The maximum atomic E-state index is 4.44. The molecule has 1 aromatic heterocycles. The van der Waals surface area contributed by atoms with Gasteiger partial charge in [-0.15, -0.1) is 35.3 Å². The molecule has 1 aliphatic heterocycles. The molecule has 1 N–H and O–H groups in total. The van der Waals surface area contributed by atoms with Crippen LogP contribution >= 0.6 is 35.3 Å². The lowest BCUT2D eigenvalue weighted by Gasteiger charge is -2.22. The number of aliphatic imine (C=N–C) groups is 1. The second-order valence-corrected chi connectivity index (χ2v) is 8.93. The third-order valence-corrected chi connectivity index (χ3v) is 6.48.